The van der Waals surface area contributed by atoms with Crippen LogP contribution in [0, 0.1) is 5.92 Å². The summed E-state index contributed by atoms with van der Waals surface area (Å²) in [5.41, 5.74) is 0.709. The monoisotopic (exact) mass is 304 g/mol. The lowest BCUT2D eigenvalue weighted by atomic mass is 10.3. The molecule has 0 radical (unpaired) electrons. The number of ether oxygens (including phenoxy) is 1. The molecule has 1 aromatic rings. The molecule has 1 aliphatic rings. The van der Waals surface area contributed by atoms with E-state index in [2.05, 4.69) is 12.2 Å². The quantitative estimate of drug-likeness (QED) is 0.803. The van der Waals surface area contributed by atoms with Crippen LogP contribution in [-0.2, 0) is 9.59 Å². The molecule has 1 fully saturated rings. The summed E-state index contributed by atoms with van der Waals surface area (Å²) in [7, 11) is 1.79. The highest BCUT2D eigenvalue weighted by atomic mass is 16.5. The van der Waals surface area contributed by atoms with E-state index in [1.54, 1.807) is 24.1 Å². The molecule has 0 heterocycles. The number of anilines is 1. The van der Waals surface area contributed by atoms with E-state index in [4.69, 9.17) is 4.74 Å². The van der Waals surface area contributed by atoms with Gasteiger partial charge in [0.15, 0.2) is 6.61 Å². The molecule has 0 atom stereocenters. The Labute approximate surface area is 131 Å². The second-order valence-corrected chi connectivity index (χ2v) is 5.75. The SMILES string of the molecule is CCCCN(C)C(=O)COc1cccc(NC(=O)C2CC2)c1. The highest BCUT2D eigenvalue weighted by Crippen LogP contribution is 2.30. The minimum Gasteiger partial charge on any atom is -0.484 e. The van der Waals surface area contributed by atoms with Gasteiger partial charge in [-0.25, -0.2) is 0 Å². The van der Waals surface area contributed by atoms with Crippen LogP contribution in [0.25, 0.3) is 0 Å². The van der Waals surface area contributed by atoms with E-state index in [-0.39, 0.29) is 24.3 Å². The fourth-order valence-corrected chi connectivity index (χ4v) is 2.03. The van der Waals surface area contributed by atoms with Crippen LogP contribution in [0.2, 0.25) is 0 Å². The lowest BCUT2D eigenvalue weighted by Gasteiger charge is -2.17. The molecule has 5 heteroatoms. The van der Waals surface area contributed by atoms with E-state index >= 15 is 0 Å². The zero-order chi connectivity index (χ0) is 15.9. The molecule has 22 heavy (non-hydrogen) atoms. The Morgan fingerprint density at radius 1 is 1.36 bits per heavy atom. The Morgan fingerprint density at radius 3 is 2.82 bits per heavy atom. The third-order valence-electron chi connectivity index (χ3n) is 3.68. The number of amides is 2. The number of rotatable bonds is 8. The first-order chi connectivity index (χ1) is 10.6. The lowest BCUT2D eigenvalue weighted by Crippen LogP contribution is -2.32. The van der Waals surface area contributed by atoms with Crippen molar-refractivity contribution >= 4 is 17.5 Å². The number of hydrogen-bond donors (Lipinski definition) is 1. The highest BCUT2D eigenvalue weighted by Gasteiger charge is 2.29. The van der Waals surface area contributed by atoms with Crippen LogP contribution in [0.4, 0.5) is 5.69 Å². The molecule has 0 aliphatic heterocycles. The molecule has 1 aliphatic carbocycles. The molecule has 0 spiro atoms. The zero-order valence-electron chi connectivity index (χ0n) is 13.3. The fourth-order valence-electron chi connectivity index (χ4n) is 2.03. The van der Waals surface area contributed by atoms with Crippen molar-refractivity contribution in [2.45, 2.75) is 32.6 Å². The normalized spacial score (nSPS) is 13.5. The number of benzene rings is 1. The molecule has 120 valence electrons. The van der Waals surface area contributed by atoms with Crippen molar-refractivity contribution in [1.82, 2.24) is 4.90 Å². The van der Waals surface area contributed by atoms with Crippen LogP contribution in [0.15, 0.2) is 24.3 Å². The molecular formula is C17H24N2O3. The number of nitrogens with zero attached hydrogens (tertiary/aromatic N) is 1. The summed E-state index contributed by atoms with van der Waals surface area (Å²) in [6, 6.07) is 7.16. The van der Waals surface area contributed by atoms with E-state index in [9.17, 15) is 9.59 Å². The molecule has 1 aromatic carbocycles. The molecule has 2 rings (SSSR count). The molecule has 1 N–H and O–H groups in total. The van der Waals surface area contributed by atoms with Gasteiger partial charge in [0.1, 0.15) is 5.75 Å². The van der Waals surface area contributed by atoms with Crippen LogP contribution in [0.1, 0.15) is 32.6 Å². The number of carbonyl (C=O) groups is 2. The first kappa shape index (κ1) is 16.3. The van der Waals surface area contributed by atoms with Crippen LogP contribution in [0.3, 0.4) is 0 Å². The molecule has 0 saturated heterocycles. The standard InChI is InChI=1S/C17H24N2O3/c1-3-4-10-19(2)16(20)12-22-15-7-5-6-14(11-15)18-17(21)13-8-9-13/h5-7,11,13H,3-4,8-10,12H2,1-2H3,(H,18,21). The van der Waals surface area contributed by atoms with Crippen molar-refractivity contribution in [2.24, 2.45) is 5.92 Å². The van der Waals surface area contributed by atoms with Crippen molar-refractivity contribution in [1.29, 1.82) is 0 Å². The number of unbranched alkanes of at least 4 members (excludes halogenated alkanes) is 1. The summed E-state index contributed by atoms with van der Waals surface area (Å²) in [6.07, 6.45) is 3.99. The summed E-state index contributed by atoms with van der Waals surface area (Å²) in [6.45, 7) is 2.85. The summed E-state index contributed by atoms with van der Waals surface area (Å²) >= 11 is 0. The Balaban J connectivity index is 1.82. The second kappa shape index (κ2) is 7.82. The van der Waals surface area contributed by atoms with Gasteiger partial charge in [-0.05, 0) is 31.4 Å². The number of likely N-dealkylation sites (N-methyl/N-ethyl adjacent to an activating group) is 1. The third kappa shape index (κ3) is 5.06. The van der Waals surface area contributed by atoms with E-state index in [0.29, 0.717) is 11.4 Å². The van der Waals surface area contributed by atoms with Crippen molar-refractivity contribution in [3.63, 3.8) is 0 Å². The number of hydrogen-bond acceptors (Lipinski definition) is 3. The van der Waals surface area contributed by atoms with Gasteiger partial charge in [0.05, 0.1) is 0 Å². The topological polar surface area (TPSA) is 58.6 Å². The van der Waals surface area contributed by atoms with Gasteiger partial charge >= 0.3 is 0 Å². The van der Waals surface area contributed by atoms with Crippen molar-refractivity contribution in [3.05, 3.63) is 24.3 Å². The number of carbonyl (C=O) groups excluding carboxylic acids is 2. The second-order valence-electron chi connectivity index (χ2n) is 5.75. The predicted octanol–water partition coefficient (Wildman–Crippen LogP) is 2.67. The van der Waals surface area contributed by atoms with E-state index in [1.165, 1.54) is 0 Å². The van der Waals surface area contributed by atoms with Crippen LogP contribution in [-0.4, -0.2) is 36.9 Å². The molecule has 5 nitrogen and oxygen atoms in total. The average molecular weight is 304 g/mol. The van der Waals surface area contributed by atoms with E-state index in [0.717, 1.165) is 32.2 Å². The van der Waals surface area contributed by atoms with Gasteiger partial charge in [-0.2, -0.15) is 0 Å². The van der Waals surface area contributed by atoms with Gasteiger partial charge in [0.25, 0.3) is 5.91 Å². The van der Waals surface area contributed by atoms with Crippen molar-refractivity contribution in [2.75, 3.05) is 25.5 Å². The van der Waals surface area contributed by atoms with Crippen LogP contribution < -0.4 is 10.1 Å². The van der Waals surface area contributed by atoms with Gasteiger partial charge in [-0.1, -0.05) is 19.4 Å². The van der Waals surface area contributed by atoms with Gasteiger partial charge in [-0.3, -0.25) is 9.59 Å². The van der Waals surface area contributed by atoms with E-state index < -0.39 is 0 Å². The van der Waals surface area contributed by atoms with Gasteiger partial charge in [0.2, 0.25) is 5.91 Å². The smallest absolute Gasteiger partial charge is 0.260 e. The highest BCUT2D eigenvalue weighted by molar-refractivity contribution is 5.94. The summed E-state index contributed by atoms with van der Waals surface area (Å²) in [5.74, 6) is 0.776. The fraction of sp³-hybridized carbons (Fsp3) is 0.529. The van der Waals surface area contributed by atoms with Crippen LogP contribution >= 0.6 is 0 Å². The van der Waals surface area contributed by atoms with Crippen molar-refractivity contribution in [3.8, 4) is 5.75 Å². The number of nitrogens with one attached hydrogen (secondary N) is 1. The average Bonchev–Trinajstić information content (AvgIpc) is 3.35. The predicted molar refractivity (Wildman–Crippen MR) is 85.8 cm³/mol. The molecule has 0 bridgehead atoms. The minimum absolute atomic E-state index is 0.0141. The Hall–Kier alpha value is -2.04. The van der Waals surface area contributed by atoms with Gasteiger partial charge < -0.3 is 15.0 Å². The Bertz CT molecular complexity index is 526. The molecule has 0 aromatic heterocycles. The largest absolute Gasteiger partial charge is 0.484 e. The van der Waals surface area contributed by atoms with E-state index in [1.807, 2.05) is 12.1 Å². The minimum atomic E-state index is -0.0409. The van der Waals surface area contributed by atoms with Gasteiger partial charge in [-0.15, -0.1) is 0 Å². The molecule has 1 saturated carbocycles. The van der Waals surface area contributed by atoms with Gasteiger partial charge in [0, 0.05) is 31.3 Å². The Morgan fingerprint density at radius 2 is 2.14 bits per heavy atom. The summed E-state index contributed by atoms with van der Waals surface area (Å²) in [5, 5.41) is 2.87. The maximum atomic E-state index is 11.9. The first-order valence-electron chi connectivity index (χ1n) is 7.88. The lowest BCUT2D eigenvalue weighted by molar-refractivity contribution is -0.132. The molecular weight excluding hydrogens is 280 g/mol. The Kier molecular flexibility index (Phi) is 5.81. The first-order valence-corrected chi connectivity index (χ1v) is 7.88. The maximum Gasteiger partial charge on any atom is 0.260 e. The van der Waals surface area contributed by atoms with Crippen molar-refractivity contribution < 1.29 is 14.3 Å². The third-order valence-corrected chi connectivity index (χ3v) is 3.68. The molecule has 0 unspecified atom stereocenters. The maximum absolute atomic E-state index is 11.9. The van der Waals surface area contributed by atoms with Crippen LogP contribution in [0.5, 0.6) is 5.75 Å². The zero-order valence-corrected chi connectivity index (χ0v) is 13.3. The molecule has 2 amide bonds. The summed E-state index contributed by atoms with van der Waals surface area (Å²) < 4.78 is 5.52. The summed E-state index contributed by atoms with van der Waals surface area (Å²) in [4.78, 5) is 25.3.